The van der Waals surface area contributed by atoms with Crippen LogP contribution in [0.25, 0.3) is 0 Å². The molecule has 17 heavy (non-hydrogen) atoms. The maximum absolute atomic E-state index is 4.47. The normalized spacial score (nSPS) is 18.5. The Morgan fingerprint density at radius 1 is 1.41 bits per heavy atom. The van der Waals surface area contributed by atoms with Crippen LogP contribution >= 0.6 is 0 Å². The Bertz CT molecular complexity index is 350. The molecule has 1 aliphatic rings. The summed E-state index contributed by atoms with van der Waals surface area (Å²) in [5.41, 5.74) is 1.10. The zero-order valence-corrected chi connectivity index (χ0v) is 11.2. The smallest absolute Gasteiger partial charge is 0.202 e. The molecule has 0 spiro atoms. The van der Waals surface area contributed by atoms with Crippen molar-refractivity contribution >= 4 is 5.95 Å². The van der Waals surface area contributed by atoms with Crippen molar-refractivity contribution in [2.24, 2.45) is 5.92 Å². The summed E-state index contributed by atoms with van der Waals surface area (Å²) in [4.78, 5) is 7.00. The average Bonchev–Trinajstić information content (AvgIpc) is 2.70. The Labute approximate surface area is 104 Å². The van der Waals surface area contributed by atoms with Gasteiger partial charge in [0.25, 0.3) is 0 Å². The molecule has 1 saturated heterocycles. The fraction of sp³-hybridized carbons (Fsp3) is 0.769. The number of likely N-dealkylation sites (tertiary alicyclic amines) is 1. The second kappa shape index (κ2) is 5.54. The molecule has 0 aliphatic carbocycles. The van der Waals surface area contributed by atoms with Gasteiger partial charge in [-0.3, -0.25) is 0 Å². The summed E-state index contributed by atoms with van der Waals surface area (Å²) in [6, 6.07) is 0. The van der Waals surface area contributed by atoms with Gasteiger partial charge in [-0.2, -0.15) is 0 Å². The van der Waals surface area contributed by atoms with Gasteiger partial charge < -0.3 is 14.8 Å². The first-order valence-corrected chi connectivity index (χ1v) is 6.66. The van der Waals surface area contributed by atoms with E-state index in [4.69, 9.17) is 0 Å². The number of aryl methyl sites for hydroxylation is 1. The number of nitrogens with zero attached hydrogens (tertiary/aromatic N) is 3. The summed E-state index contributed by atoms with van der Waals surface area (Å²) in [5, 5.41) is 3.17. The molecule has 1 N–H and O–H groups in total. The van der Waals surface area contributed by atoms with Crippen LogP contribution in [0.15, 0.2) is 6.20 Å². The predicted octanol–water partition coefficient (Wildman–Crippen LogP) is 1.97. The van der Waals surface area contributed by atoms with E-state index in [9.17, 15) is 0 Å². The number of hydrogen-bond acceptors (Lipinski definition) is 3. The number of hydrogen-bond donors (Lipinski definition) is 1. The van der Waals surface area contributed by atoms with Crippen LogP contribution in [0.2, 0.25) is 0 Å². The van der Waals surface area contributed by atoms with Crippen molar-refractivity contribution in [2.45, 2.75) is 33.2 Å². The fourth-order valence-electron chi connectivity index (χ4n) is 2.65. The van der Waals surface area contributed by atoms with Crippen LogP contribution in [-0.2, 0) is 6.54 Å². The molecule has 0 saturated carbocycles. The third kappa shape index (κ3) is 3.00. The molecular weight excluding hydrogens is 212 g/mol. The average molecular weight is 236 g/mol. The van der Waals surface area contributed by atoms with Gasteiger partial charge in [-0.15, -0.1) is 0 Å². The minimum Gasteiger partial charge on any atom is -0.359 e. The Morgan fingerprint density at radius 3 is 2.71 bits per heavy atom. The molecule has 0 atom stereocenters. The van der Waals surface area contributed by atoms with E-state index in [1.807, 2.05) is 7.05 Å². The lowest BCUT2D eigenvalue weighted by Crippen LogP contribution is -2.34. The first-order valence-electron chi connectivity index (χ1n) is 6.66. The SMILES string of the molecule is CCN1CCC(Cn2cc(C)nc2NC)CC1. The number of aromatic nitrogens is 2. The van der Waals surface area contributed by atoms with Crippen LogP contribution in [0.3, 0.4) is 0 Å². The van der Waals surface area contributed by atoms with Crippen molar-refractivity contribution < 1.29 is 0 Å². The van der Waals surface area contributed by atoms with Crippen LogP contribution in [0.4, 0.5) is 5.95 Å². The number of piperidine rings is 1. The summed E-state index contributed by atoms with van der Waals surface area (Å²) < 4.78 is 2.27. The fourth-order valence-corrected chi connectivity index (χ4v) is 2.65. The zero-order chi connectivity index (χ0) is 12.3. The summed E-state index contributed by atoms with van der Waals surface area (Å²) in [5.74, 6) is 1.80. The highest BCUT2D eigenvalue weighted by Crippen LogP contribution is 2.21. The maximum atomic E-state index is 4.47. The molecule has 4 heteroatoms. The highest BCUT2D eigenvalue weighted by atomic mass is 15.2. The van der Waals surface area contributed by atoms with E-state index in [1.54, 1.807) is 0 Å². The van der Waals surface area contributed by atoms with Crippen LogP contribution in [-0.4, -0.2) is 41.1 Å². The van der Waals surface area contributed by atoms with Gasteiger partial charge in [-0.1, -0.05) is 6.92 Å². The van der Waals surface area contributed by atoms with Gasteiger partial charge in [0.1, 0.15) is 0 Å². The van der Waals surface area contributed by atoms with Crippen molar-refractivity contribution in [3.63, 3.8) is 0 Å². The predicted molar refractivity (Wildman–Crippen MR) is 71.3 cm³/mol. The molecule has 4 nitrogen and oxygen atoms in total. The molecule has 1 fully saturated rings. The third-order valence-corrected chi connectivity index (χ3v) is 3.73. The van der Waals surface area contributed by atoms with E-state index in [0.717, 1.165) is 24.1 Å². The topological polar surface area (TPSA) is 33.1 Å². The molecule has 0 amide bonds. The Morgan fingerprint density at radius 2 is 2.12 bits per heavy atom. The van der Waals surface area contributed by atoms with E-state index >= 15 is 0 Å². The third-order valence-electron chi connectivity index (χ3n) is 3.73. The van der Waals surface area contributed by atoms with Gasteiger partial charge in [0, 0.05) is 19.8 Å². The lowest BCUT2D eigenvalue weighted by Gasteiger charge is -2.31. The molecule has 0 bridgehead atoms. The van der Waals surface area contributed by atoms with Crippen molar-refractivity contribution in [3.05, 3.63) is 11.9 Å². The lowest BCUT2D eigenvalue weighted by molar-refractivity contribution is 0.181. The number of nitrogens with one attached hydrogen (secondary N) is 1. The Hall–Kier alpha value is -1.03. The van der Waals surface area contributed by atoms with Gasteiger partial charge in [-0.25, -0.2) is 4.98 Å². The minimum absolute atomic E-state index is 0.804. The molecular formula is C13H24N4. The van der Waals surface area contributed by atoms with Gasteiger partial charge in [0.05, 0.1) is 5.69 Å². The van der Waals surface area contributed by atoms with E-state index in [1.165, 1.54) is 32.5 Å². The monoisotopic (exact) mass is 236 g/mol. The number of imidazole rings is 1. The van der Waals surface area contributed by atoms with E-state index in [2.05, 4.69) is 39.8 Å². The molecule has 1 aromatic heterocycles. The van der Waals surface area contributed by atoms with Crippen molar-refractivity contribution in [3.8, 4) is 0 Å². The molecule has 1 aromatic rings. The Balaban J connectivity index is 1.92. The van der Waals surface area contributed by atoms with Crippen molar-refractivity contribution in [1.82, 2.24) is 14.5 Å². The van der Waals surface area contributed by atoms with Gasteiger partial charge in [-0.05, 0) is 45.3 Å². The molecule has 0 aromatic carbocycles. The molecule has 0 radical (unpaired) electrons. The van der Waals surface area contributed by atoms with Crippen molar-refractivity contribution in [1.29, 1.82) is 0 Å². The highest BCUT2D eigenvalue weighted by Gasteiger charge is 2.19. The standard InChI is InChI=1S/C13H24N4/c1-4-16-7-5-12(6-8-16)10-17-9-11(2)15-13(17)14-3/h9,12H,4-8,10H2,1-3H3,(H,14,15). The van der Waals surface area contributed by atoms with Gasteiger partial charge in [0.2, 0.25) is 5.95 Å². The summed E-state index contributed by atoms with van der Waals surface area (Å²) in [7, 11) is 1.94. The van der Waals surface area contributed by atoms with Gasteiger partial charge in [0.15, 0.2) is 0 Å². The highest BCUT2D eigenvalue weighted by molar-refractivity contribution is 5.27. The summed E-state index contributed by atoms with van der Waals surface area (Å²) in [6.07, 6.45) is 4.78. The largest absolute Gasteiger partial charge is 0.359 e. The second-order valence-electron chi connectivity index (χ2n) is 4.99. The van der Waals surface area contributed by atoms with Crippen LogP contribution in [0, 0.1) is 12.8 Å². The second-order valence-corrected chi connectivity index (χ2v) is 4.99. The first kappa shape index (κ1) is 12.4. The van der Waals surface area contributed by atoms with Crippen LogP contribution in [0.5, 0.6) is 0 Å². The van der Waals surface area contributed by atoms with Crippen LogP contribution < -0.4 is 5.32 Å². The summed E-state index contributed by atoms with van der Waals surface area (Å²) >= 11 is 0. The lowest BCUT2D eigenvalue weighted by atomic mass is 9.97. The molecule has 0 unspecified atom stereocenters. The summed E-state index contributed by atoms with van der Waals surface area (Å²) in [6.45, 7) is 9.11. The van der Waals surface area contributed by atoms with E-state index in [-0.39, 0.29) is 0 Å². The van der Waals surface area contributed by atoms with Gasteiger partial charge >= 0.3 is 0 Å². The minimum atomic E-state index is 0.804. The molecule has 2 heterocycles. The molecule has 1 aliphatic heterocycles. The zero-order valence-electron chi connectivity index (χ0n) is 11.2. The molecule has 2 rings (SSSR count). The van der Waals surface area contributed by atoms with Crippen molar-refractivity contribution in [2.75, 3.05) is 32.0 Å². The van der Waals surface area contributed by atoms with E-state index < -0.39 is 0 Å². The Kier molecular flexibility index (Phi) is 4.05. The van der Waals surface area contributed by atoms with E-state index in [0.29, 0.717) is 0 Å². The van der Waals surface area contributed by atoms with Crippen LogP contribution in [0.1, 0.15) is 25.5 Å². The maximum Gasteiger partial charge on any atom is 0.202 e. The number of anilines is 1. The first-order chi connectivity index (χ1) is 8.22. The number of rotatable bonds is 4. The molecule has 96 valence electrons. The quantitative estimate of drug-likeness (QED) is 0.867.